The van der Waals surface area contributed by atoms with Crippen LogP contribution in [0.25, 0.3) is 0 Å². The summed E-state index contributed by atoms with van der Waals surface area (Å²) in [5.74, 6) is -1.15. The van der Waals surface area contributed by atoms with E-state index in [1.807, 2.05) is 0 Å². The van der Waals surface area contributed by atoms with Gasteiger partial charge in [-0.1, -0.05) is 12.1 Å². The average Bonchev–Trinajstić information content (AvgIpc) is 2.65. The summed E-state index contributed by atoms with van der Waals surface area (Å²) in [5, 5.41) is 12.2. The number of amides is 1. The summed E-state index contributed by atoms with van der Waals surface area (Å²) >= 11 is 0. The molecule has 0 bridgehead atoms. The molecule has 0 spiro atoms. The van der Waals surface area contributed by atoms with Gasteiger partial charge >= 0.3 is 5.97 Å². The van der Waals surface area contributed by atoms with Gasteiger partial charge in [-0.25, -0.2) is 13.1 Å². The molecule has 9 heteroatoms. The second-order valence-electron chi connectivity index (χ2n) is 6.33. The molecule has 3 N–H and O–H groups in total. The molecule has 0 unspecified atom stereocenters. The summed E-state index contributed by atoms with van der Waals surface area (Å²) in [6.45, 7) is 0.845. The number of nitrogens with one attached hydrogen (secondary N) is 2. The molecule has 144 valence electrons. The number of ether oxygens (including phenoxy) is 1. The average molecular weight is 384 g/mol. The zero-order valence-electron chi connectivity index (χ0n) is 14.7. The van der Waals surface area contributed by atoms with E-state index in [1.165, 1.54) is 19.2 Å². The molecule has 2 rings (SSSR count). The Morgan fingerprint density at radius 2 is 1.81 bits per heavy atom. The second kappa shape index (κ2) is 8.61. The van der Waals surface area contributed by atoms with Crippen molar-refractivity contribution in [2.24, 2.45) is 5.41 Å². The van der Waals surface area contributed by atoms with Gasteiger partial charge in [0.15, 0.2) is 0 Å². The first-order chi connectivity index (χ1) is 12.3. The van der Waals surface area contributed by atoms with Crippen molar-refractivity contribution in [3.05, 3.63) is 29.8 Å². The minimum atomic E-state index is -3.48. The van der Waals surface area contributed by atoms with Crippen LogP contribution in [-0.2, 0) is 30.8 Å². The van der Waals surface area contributed by atoms with E-state index in [2.05, 4.69) is 10.0 Å². The predicted octanol–water partition coefficient (Wildman–Crippen LogP) is 0.525. The van der Waals surface area contributed by atoms with Crippen LogP contribution in [0.15, 0.2) is 29.2 Å². The van der Waals surface area contributed by atoms with Crippen LogP contribution in [0.1, 0.15) is 24.8 Å². The van der Waals surface area contributed by atoms with Crippen molar-refractivity contribution in [1.29, 1.82) is 0 Å². The minimum absolute atomic E-state index is 0.0872. The third-order valence-corrected chi connectivity index (χ3v) is 6.10. The fourth-order valence-electron chi connectivity index (χ4n) is 2.80. The third kappa shape index (κ3) is 5.03. The van der Waals surface area contributed by atoms with Crippen molar-refractivity contribution in [1.82, 2.24) is 10.0 Å². The van der Waals surface area contributed by atoms with Crippen molar-refractivity contribution < 1.29 is 27.9 Å². The highest BCUT2D eigenvalue weighted by molar-refractivity contribution is 7.89. The van der Waals surface area contributed by atoms with Crippen molar-refractivity contribution in [2.45, 2.75) is 30.6 Å². The van der Waals surface area contributed by atoms with Crippen LogP contribution < -0.4 is 10.0 Å². The second-order valence-corrected chi connectivity index (χ2v) is 8.21. The first-order valence-electron chi connectivity index (χ1n) is 8.39. The fraction of sp³-hybridized carbons (Fsp3) is 0.529. The van der Waals surface area contributed by atoms with Crippen LogP contribution in [0, 0.1) is 5.41 Å². The number of carbonyl (C=O) groups is 2. The van der Waals surface area contributed by atoms with Gasteiger partial charge in [0.25, 0.3) is 0 Å². The largest absolute Gasteiger partial charge is 0.481 e. The molecule has 1 aromatic rings. The zero-order chi connectivity index (χ0) is 19.2. The highest BCUT2D eigenvalue weighted by Crippen LogP contribution is 2.30. The Morgan fingerprint density at radius 3 is 2.35 bits per heavy atom. The first-order valence-corrected chi connectivity index (χ1v) is 9.88. The number of carboxylic acids is 1. The van der Waals surface area contributed by atoms with Gasteiger partial charge in [0.1, 0.15) is 0 Å². The van der Waals surface area contributed by atoms with E-state index in [9.17, 15) is 23.1 Å². The lowest BCUT2D eigenvalue weighted by Crippen LogP contribution is -2.46. The zero-order valence-corrected chi connectivity index (χ0v) is 15.5. The van der Waals surface area contributed by atoms with E-state index in [0.29, 0.717) is 32.5 Å². The molecular formula is C17H24N2O6S. The van der Waals surface area contributed by atoms with Crippen molar-refractivity contribution in [3.8, 4) is 0 Å². The lowest BCUT2D eigenvalue weighted by Gasteiger charge is -2.33. The molecule has 1 heterocycles. The molecule has 1 amide bonds. The maximum atomic E-state index is 12.1. The van der Waals surface area contributed by atoms with Gasteiger partial charge in [-0.05, 0) is 44.0 Å². The standard InChI is InChI=1S/C17H24N2O6S/c1-18-26(23,24)14-5-2-13(3-6-14)4-7-15(20)19-12-17(16(21)22)8-10-25-11-9-17/h2-3,5-6,18H,4,7-12H2,1H3,(H,19,20)(H,21,22). The van der Waals surface area contributed by atoms with Crippen molar-refractivity contribution in [3.63, 3.8) is 0 Å². The highest BCUT2D eigenvalue weighted by Gasteiger charge is 2.40. The van der Waals surface area contributed by atoms with E-state index in [4.69, 9.17) is 4.74 Å². The number of carbonyl (C=O) groups excluding carboxylic acids is 1. The Balaban J connectivity index is 1.86. The quantitative estimate of drug-likeness (QED) is 0.601. The summed E-state index contributed by atoms with van der Waals surface area (Å²) in [6, 6.07) is 6.30. The lowest BCUT2D eigenvalue weighted by molar-refractivity contribution is -0.154. The Hall–Kier alpha value is -1.97. The maximum absolute atomic E-state index is 12.1. The molecule has 0 radical (unpaired) electrons. The topological polar surface area (TPSA) is 122 Å². The van der Waals surface area contributed by atoms with Crippen LogP contribution >= 0.6 is 0 Å². The molecule has 0 atom stereocenters. The smallest absolute Gasteiger partial charge is 0.311 e. The highest BCUT2D eigenvalue weighted by atomic mass is 32.2. The number of hydrogen-bond donors (Lipinski definition) is 3. The Kier molecular flexibility index (Phi) is 6.74. The van der Waals surface area contributed by atoms with Gasteiger partial charge in [0, 0.05) is 26.2 Å². The molecule has 1 fully saturated rings. The van der Waals surface area contributed by atoms with E-state index < -0.39 is 21.4 Å². The van der Waals surface area contributed by atoms with Gasteiger partial charge < -0.3 is 15.2 Å². The molecule has 1 aromatic carbocycles. The molecule has 26 heavy (non-hydrogen) atoms. The normalized spacial score (nSPS) is 16.8. The van der Waals surface area contributed by atoms with Gasteiger partial charge in [-0.3, -0.25) is 9.59 Å². The maximum Gasteiger partial charge on any atom is 0.311 e. The molecule has 1 aliphatic heterocycles. The first kappa shape index (κ1) is 20.3. The van der Waals surface area contributed by atoms with Crippen molar-refractivity contribution in [2.75, 3.05) is 26.8 Å². The van der Waals surface area contributed by atoms with E-state index in [0.717, 1.165) is 5.56 Å². The Labute approximate surface area is 153 Å². The summed E-state index contributed by atoms with van der Waals surface area (Å²) in [7, 11) is -2.13. The Bertz CT molecular complexity index is 739. The third-order valence-electron chi connectivity index (χ3n) is 4.67. The minimum Gasteiger partial charge on any atom is -0.481 e. The van der Waals surface area contributed by atoms with Gasteiger partial charge in [-0.15, -0.1) is 0 Å². The summed E-state index contributed by atoms with van der Waals surface area (Å²) in [5.41, 5.74) is -0.133. The molecule has 0 aromatic heterocycles. The SMILES string of the molecule is CNS(=O)(=O)c1ccc(CCC(=O)NCC2(C(=O)O)CCOCC2)cc1. The summed E-state index contributed by atoms with van der Waals surface area (Å²) in [6.07, 6.45) is 1.40. The lowest BCUT2D eigenvalue weighted by atomic mass is 9.80. The van der Waals surface area contributed by atoms with Gasteiger partial charge in [-0.2, -0.15) is 0 Å². The molecule has 1 aliphatic rings. The van der Waals surface area contributed by atoms with Gasteiger partial charge in [0.2, 0.25) is 15.9 Å². The number of hydrogen-bond acceptors (Lipinski definition) is 5. The number of carboxylic acid groups (broad SMARTS) is 1. The van der Waals surface area contributed by atoms with E-state index in [-0.39, 0.29) is 23.8 Å². The van der Waals surface area contributed by atoms with Gasteiger partial charge in [0.05, 0.1) is 10.3 Å². The Morgan fingerprint density at radius 1 is 1.19 bits per heavy atom. The fourth-order valence-corrected chi connectivity index (χ4v) is 3.53. The number of aryl methyl sites for hydroxylation is 1. The number of sulfonamides is 1. The number of rotatable bonds is 8. The van der Waals surface area contributed by atoms with E-state index >= 15 is 0 Å². The molecular weight excluding hydrogens is 360 g/mol. The van der Waals surface area contributed by atoms with Crippen LogP contribution in [0.3, 0.4) is 0 Å². The van der Waals surface area contributed by atoms with Crippen LogP contribution in [-0.4, -0.2) is 52.2 Å². The number of benzene rings is 1. The van der Waals surface area contributed by atoms with E-state index in [1.54, 1.807) is 12.1 Å². The monoisotopic (exact) mass is 384 g/mol. The number of aliphatic carboxylic acids is 1. The summed E-state index contributed by atoms with van der Waals surface area (Å²) in [4.78, 5) is 23.8. The molecule has 8 nitrogen and oxygen atoms in total. The molecule has 0 aliphatic carbocycles. The van der Waals surface area contributed by atoms with Crippen LogP contribution in [0.4, 0.5) is 0 Å². The molecule has 1 saturated heterocycles. The summed E-state index contributed by atoms with van der Waals surface area (Å²) < 4.78 is 30.8. The van der Waals surface area contributed by atoms with Crippen molar-refractivity contribution >= 4 is 21.9 Å². The predicted molar refractivity (Wildman–Crippen MR) is 94.1 cm³/mol. The molecule has 0 saturated carbocycles. The van der Waals surface area contributed by atoms with Crippen LogP contribution in [0.2, 0.25) is 0 Å². The van der Waals surface area contributed by atoms with Crippen LogP contribution in [0.5, 0.6) is 0 Å².